The lowest BCUT2D eigenvalue weighted by molar-refractivity contribution is 0.0826. The predicted molar refractivity (Wildman–Crippen MR) is 103 cm³/mol. The van der Waals surface area contributed by atoms with Crippen LogP contribution in [-0.4, -0.2) is 46.8 Å². The minimum atomic E-state index is -0.504. The normalized spacial score (nSPS) is 13.6. The second-order valence-electron chi connectivity index (χ2n) is 6.96. The first-order valence-electron chi connectivity index (χ1n) is 8.81. The van der Waals surface area contributed by atoms with Crippen molar-refractivity contribution in [3.05, 3.63) is 64.2 Å². The van der Waals surface area contributed by atoms with E-state index >= 15 is 0 Å². The molecule has 0 atom stereocenters. The smallest absolute Gasteiger partial charge is 0.260 e. The number of anilines is 1. The van der Waals surface area contributed by atoms with Gasteiger partial charge in [0.2, 0.25) is 0 Å². The summed E-state index contributed by atoms with van der Waals surface area (Å²) in [4.78, 5) is 46.4. The number of nitrogens with zero attached hydrogens (tertiary/aromatic N) is 2. The molecule has 1 aliphatic carbocycles. The van der Waals surface area contributed by atoms with E-state index < -0.39 is 11.5 Å². The summed E-state index contributed by atoms with van der Waals surface area (Å²) < 4.78 is 0. The Morgan fingerprint density at radius 3 is 2.48 bits per heavy atom. The van der Waals surface area contributed by atoms with Gasteiger partial charge < -0.3 is 19.8 Å². The minimum Gasteiger partial charge on any atom is -0.359 e. The zero-order chi connectivity index (χ0) is 19.1. The van der Waals surface area contributed by atoms with E-state index in [0.717, 1.165) is 29.4 Å². The van der Waals surface area contributed by atoms with E-state index in [0.29, 0.717) is 0 Å². The average Bonchev–Trinajstić information content (AvgIpc) is 3.41. The summed E-state index contributed by atoms with van der Waals surface area (Å²) in [6, 6.07) is 9.31. The van der Waals surface area contributed by atoms with Gasteiger partial charge in [-0.15, -0.1) is 0 Å². The molecule has 2 heterocycles. The van der Waals surface area contributed by atoms with Crippen molar-refractivity contribution in [3.63, 3.8) is 0 Å². The van der Waals surface area contributed by atoms with E-state index in [-0.39, 0.29) is 23.1 Å². The van der Waals surface area contributed by atoms with Crippen LogP contribution in [0.1, 0.15) is 33.6 Å². The minimum absolute atomic E-state index is 0.0412. The lowest BCUT2D eigenvalue weighted by atomic mass is 10.1. The van der Waals surface area contributed by atoms with Crippen molar-refractivity contribution in [1.82, 2.24) is 14.9 Å². The van der Waals surface area contributed by atoms with Crippen LogP contribution in [-0.2, 0) is 0 Å². The van der Waals surface area contributed by atoms with Gasteiger partial charge in [0.05, 0.1) is 11.3 Å². The molecule has 2 amide bonds. The first kappa shape index (κ1) is 17.1. The number of H-pyrrole nitrogens is 2. The molecule has 0 aliphatic heterocycles. The first-order valence-corrected chi connectivity index (χ1v) is 8.81. The number of amides is 2. The zero-order valence-electron chi connectivity index (χ0n) is 15.2. The molecule has 1 aliphatic rings. The van der Waals surface area contributed by atoms with Crippen LogP contribution >= 0.6 is 0 Å². The molecule has 0 saturated heterocycles. The number of pyridine rings is 1. The monoisotopic (exact) mass is 364 g/mol. The Bertz CT molecular complexity index is 1090. The molecule has 2 N–H and O–H groups in total. The highest BCUT2D eigenvalue weighted by atomic mass is 16.2. The topological polar surface area (TPSA) is 89.3 Å². The molecule has 3 aromatic rings. The third-order valence-corrected chi connectivity index (χ3v) is 4.74. The van der Waals surface area contributed by atoms with Gasteiger partial charge in [-0.2, -0.15) is 0 Å². The standard InChI is InChI=1S/C20H20N4O3/c1-23(2)20(27)15-9-12(10-22-18(15)25)19(26)24(13-7-8-13)17-11-21-16-6-4-3-5-14(16)17/h3-6,9-11,13,21H,7-8H2,1-2H3,(H,22,25). The van der Waals surface area contributed by atoms with E-state index in [1.165, 1.54) is 17.2 Å². The lowest BCUT2D eigenvalue weighted by Gasteiger charge is -2.22. The number of hydrogen-bond acceptors (Lipinski definition) is 3. The SMILES string of the molecule is CN(C)C(=O)c1cc(C(=O)N(c2c[nH]c3ccccc23)C2CC2)c[nH]c1=O. The molecule has 4 rings (SSSR count). The number of carbonyl (C=O) groups is 2. The Kier molecular flexibility index (Phi) is 4.07. The fraction of sp³-hybridized carbons (Fsp3) is 0.250. The summed E-state index contributed by atoms with van der Waals surface area (Å²) in [6.07, 6.45) is 5.07. The zero-order valence-corrected chi connectivity index (χ0v) is 15.2. The molecule has 1 fully saturated rings. The van der Waals surface area contributed by atoms with Gasteiger partial charge >= 0.3 is 0 Å². The number of benzene rings is 1. The van der Waals surface area contributed by atoms with Gasteiger partial charge in [-0.3, -0.25) is 14.4 Å². The third-order valence-electron chi connectivity index (χ3n) is 4.74. The van der Waals surface area contributed by atoms with Crippen molar-refractivity contribution in [2.75, 3.05) is 19.0 Å². The first-order chi connectivity index (χ1) is 13.0. The van der Waals surface area contributed by atoms with Gasteiger partial charge in [-0.1, -0.05) is 18.2 Å². The molecule has 1 saturated carbocycles. The van der Waals surface area contributed by atoms with Gasteiger partial charge in [0.25, 0.3) is 17.4 Å². The van der Waals surface area contributed by atoms with Crippen molar-refractivity contribution in [2.24, 2.45) is 0 Å². The number of aromatic nitrogens is 2. The highest BCUT2D eigenvalue weighted by molar-refractivity contribution is 6.12. The molecular formula is C20H20N4O3. The number of para-hydroxylation sites is 1. The molecule has 1 aromatic carbocycles. The van der Waals surface area contributed by atoms with Crippen LogP contribution in [0.5, 0.6) is 0 Å². The fourth-order valence-corrected chi connectivity index (χ4v) is 3.21. The van der Waals surface area contributed by atoms with Crippen LogP contribution in [0.2, 0.25) is 0 Å². The maximum absolute atomic E-state index is 13.3. The number of rotatable bonds is 4. The van der Waals surface area contributed by atoms with Gasteiger partial charge in [0.15, 0.2) is 0 Å². The Balaban J connectivity index is 1.77. The summed E-state index contributed by atoms with van der Waals surface area (Å²) in [6.45, 7) is 0. The second-order valence-corrected chi connectivity index (χ2v) is 6.96. The van der Waals surface area contributed by atoms with Crippen LogP contribution in [0.3, 0.4) is 0 Å². The van der Waals surface area contributed by atoms with Gasteiger partial charge in [0, 0.05) is 43.4 Å². The van der Waals surface area contributed by atoms with Crippen molar-refractivity contribution < 1.29 is 9.59 Å². The summed E-state index contributed by atoms with van der Waals surface area (Å²) in [5.74, 6) is -0.665. The van der Waals surface area contributed by atoms with E-state index in [4.69, 9.17) is 0 Å². The fourth-order valence-electron chi connectivity index (χ4n) is 3.21. The molecule has 7 nitrogen and oxygen atoms in total. The maximum atomic E-state index is 13.3. The molecule has 0 bridgehead atoms. The Hall–Kier alpha value is -3.35. The molecule has 138 valence electrons. The molecular weight excluding hydrogens is 344 g/mol. The van der Waals surface area contributed by atoms with Crippen LogP contribution < -0.4 is 10.5 Å². The van der Waals surface area contributed by atoms with E-state index in [1.54, 1.807) is 19.0 Å². The van der Waals surface area contributed by atoms with Gasteiger partial charge in [-0.05, 0) is 25.0 Å². The van der Waals surface area contributed by atoms with Gasteiger partial charge in [-0.25, -0.2) is 0 Å². The molecule has 2 aromatic heterocycles. The van der Waals surface area contributed by atoms with Crippen molar-refractivity contribution in [2.45, 2.75) is 18.9 Å². The van der Waals surface area contributed by atoms with E-state index in [1.807, 2.05) is 30.5 Å². The molecule has 0 radical (unpaired) electrons. The number of hydrogen-bond donors (Lipinski definition) is 2. The Morgan fingerprint density at radius 1 is 1.04 bits per heavy atom. The predicted octanol–water partition coefficient (Wildman–Crippen LogP) is 2.37. The Morgan fingerprint density at radius 2 is 1.78 bits per heavy atom. The molecule has 27 heavy (non-hydrogen) atoms. The van der Waals surface area contributed by atoms with E-state index in [9.17, 15) is 14.4 Å². The van der Waals surface area contributed by atoms with Crippen LogP contribution in [0, 0.1) is 0 Å². The summed E-state index contributed by atoms with van der Waals surface area (Å²) >= 11 is 0. The summed E-state index contributed by atoms with van der Waals surface area (Å²) in [5, 5.41) is 0.965. The van der Waals surface area contributed by atoms with Crippen LogP contribution in [0.15, 0.2) is 47.5 Å². The Labute approximate surface area is 155 Å². The number of aromatic amines is 2. The lowest BCUT2D eigenvalue weighted by Crippen LogP contribution is -2.35. The van der Waals surface area contributed by atoms with Crippen LogP contribution in [0.4, 0.5) is 5.69 Å². The number of carbonyl (C=O) groups excluding carboxylic acids is 2. The number of fused-ring (bicyclic) bond motifs is 1. The molecule has 0 spiro atoms. The summed E-state index contributed by atoms with van der Waals surface area (Å²) in [7, 11) is 3.14. The highest BCUT2D eigenvalue weighted by Crippen LogP contribution is 2.37. The largest absolute Gasteiger partial charge is 0.359 e. The highest BCUT2D eigenvalue weighted by Gasteiger charge is 2.36. The maximum Gasteiger partial charge on any atom is 0.260 e. The third kappa shape index (κ3) is 3.01. The van der Waals surface area contributed by atoms with Gasteiger partial charge in [0.1, 0.15) is 5.56 Å². The number of nitrogens with one attached hydrogen (secondary N) is 2. The average molecular weight is 364 g/mol. The van der Waals surface area contributed by atoms with Crippen LogP contribution in [0.25, 0.3) is 10.9 Å². The molecule has 7 heteroatoms. The summed E-state index contributed by atoms with van der Waals surface area (Å²) in [5.41, 5.74) is 1.51. The van der Waals surface area contributed by atoms with E-state index in [2.05, 4.69) is 9.97 Å². The second kappa shape index (κ2) is 6.42. The van der Waals surface area contributed by atoms with Crippen molar-refractivity contribution >= 4 is 28.4 Å². The molecule has 0 unspecified atom stereocenters. The quantitative estimate of drug-likeness (QED) is 0.745. The van der Waals surface area contributed by atoms with Crippen molar-refractivity contribution in [1.29, 1.82) is 0 Å². The van der Waals surface area contributed by atoms with Crippen molar-refractivity contribution in [3.8, 4) is 0 Å².